The van der Waals surface area contributed by atoms with Gasteiger partial charge in [-0.25, -0.2) is 8.42 Å². The van der Waals surface area contributed by atoms with Gasteiger partial charge < -0.3 is 24.4 Å². The lowest BCUT2D eigenvalue weighted by Crippen LogP contribution is -2.57. The Morgan fingerprint density at radius 3 is 2.28 bits per heavy atom. The topological polar surface area (TPSA) is 89.5 Å². The van der Waals surface area contributed by atoms with Crippen molar-refractivity contribution in [3.63, 3.8) is 0 Å². The number of sulfone groups is 1. The molecule has 8 nitrogen and oxygen atoms in total. The van der Waals surface area contributed by atoms with Crippen molar-refractivity contribution in [1.82, 2.24) is 10.2 Å². The molecule has 1 saturated heterocycles. The van der Waals surface area contributed by atoms with Crippen LogP contribution >= 0.6 is 0 Å². The van der Waals surface area contributed by atoms with Gasteiger partial charge in [0.25, 0.3) is 0 Å². The highest BCUT2D eigenvalue weighted by Crippen LogP contribution is 2.34. The number of nitrogens with zero attached hydrogens (tertiary/aromatic N) is 2. The Bertz CT molecular complexity index is 812. The van der Waals surface area contributed by atoms with Gasteiger partial charge in [0.15, 0.2) is 15.8 Å². The van der Waals surface area contributed by atoms with Crippen molar-refractivity contribution >= 4 is 15.8 Å². The smallest absolute Gasteiger partial charge is 0.194 e. The Labute approximate surface area is 174 Å². The van der Waals surface area contributed by atoms with Crippen molar-refractivity contribution in [1.29, 1.82) is 0 Å². The van der Waals surface area contributed by atoms with Gasteiger partial charge in [0, 0.05) is 43.9 Å². The molecule has 1 aromatic rings. The van der Waals surface area contributed by atoms with Gasteiger partial charge in [-0.3, -0.25) is 4.99 Å². The molecule has 0 bridgehead atoms. The summed E-state index contributed by atoms with van der Waals surface area (Å²) in [7, 11) is 1.72. The van der Waals surface area contributed by atoms with Gasteiger partial charge >= 0.3 is 0 Å². The highest BCUT2D eigenvalue weighted by Gasteiger charge is 2.40. The van der Waals surface area contributed by atoms with E-state index in [0.29, 0.717) is 49.8 Å². The van der Waals surface area contributed by atoms with Crippen molar-refractivity contribution in [3.05, 3.63) is 17.7 Å². The zero-order chi connectivity index (χ0) is 21.7. The minimum atomic E-state index is -3.10. The maximum atomic E-state index is 12.3. The molecule has 1 aliphatic rings. The van der Waals surface area contributed by atoms with Crippen LogP contribution in [0.1, 0.15) is 26.3 Å². The van der Waals surface area contributed by atoms with Gasteiger partial charge in [0.2, 0.25) is 0 Å². The van der Waals surface area contributed by atoms with E-state index in [2.05, 4.69) is 5.32 Å². The molecule has 29 heavy (non-hydrogen) atoms. The van der Waals surface area contributed by atoms with Gasteiger partial charge in [-0.1, -0.05) is 0 Å². The van der Waals surface area contributed by atoms with E-state index in [1.807, 2.05) is 24.0 Å². The van der Waals surface area contributed by atoms with Crippen LogP contribution in [-0.4, -0.2) is 77.3 Å². The highest BCUT2D eigenvalue weighted by molar-refractivity contribution is 7.92. The molecule has 9 heteroatoms. The van der Waals surface area contributed by atoms with Gasteiger partial charge in [0.1, 0.15) is 17.2 Å². The van der Waals surface area contributed by atoms with Crippen LogP contribution in [0.2, 0.25) is 0 Å². The monoisotopic (exact) mass is 427 g/mol. The predicted octanol–water partition coefficient (Wildman–Crippen LogP) is 1.73. The summed E-state index contributed by atoms with van der Waals surface area (Å²) in [5.41, 5.74) is 0.914. The lowest BCUT2D eigenvalue weighted by molar-refractivity contribution is 0.353. The van der Waals surface area contributed by atoms with Crippen LogP contribution in [0, 0.1) is 0 Å². The molecule has 164 valence electrons. The Hall–Kier alpha value is -2.16. The predicted molar refractivity (Wildman–Crippen MR) is 115 cm³/mol. The third-order valence-corrected chi connectivity index (χ3v) is 7.65. The highest BCUT2D eigenvalue weighted by atomic mass is 32.2. The van der Waals surface area contributed by atoms with Crippen molar-refractivity contribution in [3.8, 4) is 17.2 Å². The van der Waals surface area contributed by atoms with Crippen molar-refractivity contribution < 1.29 is 22.6 Å². The Balaban J connectivity index is 2.20. The number of guanidine groups is 1. The van der Waals surface area contributed by atoms with E-state index in [9.17, 15) is 8.42 Å². The van der Waals surface area contributed by atoms with E-state index < -0.39 is 14.6 Å². The van der Waals surface area contributed by atoms with Crippen LogP contribution in [0.3, 0.4) is 0 Å². The SMILES string of the molecule is CCNC(=NCCc1c(OC)cc(OC)cc1OC)N1CCS(=O)(=O)C(C)(C)C1. The van der Waals surface area contributed by atoms with Gasteiger partial charge in [-0.05, 0) is 27.2 Å². The van der Waals surface area contributed by atoms with Crippen LogP contribution in [0.15, 0.2) is 17.1 Å². The number of hydrogen-bond donors (Lipinski definition) is 1. The number of nitrogens with one attached hydrogen (secondary N) is 1. The van der Waals surface area contributed by atoms with Crippen LogP contribution in [0.4, 0.5) is 0 Å². The van der Waals surface area contributed by atoms with E-state index in [1.165, 1.54) is 0 Å². The number of hydrogen-bond acceptors (Lipinski definition) is 6. The molecule has 0 amide bonds. The van der Waals surface area contributed by atoms with Crippen LogP contribution in [-0.2, 0) is 16.3 Å². The standard InChI is InChI=1S/C20H33N3O5S/c1-7-21-19(23-10-11-29(24,25)20(2,3)14-23)22-9-8-16-17(27-5)12-15(26-4)13-18(16)28-6/h12-13H,7-11,14H2,1-6H3,(H,21,22). The molecule has 1 fully saturated rings. The third-order valence-electron chi connectivity index (χ3n) is 5.12. The molecule has 1 aliphatic heterocycles. The zero-order valence-corrected chi connectivity index (χ0v) is 19.1. The van der Waals surface area contributed by atoms with Crippen LogP contribution in [0.25, 0.3) is 0 Å². The number of aliphatic imine (C=N–C) groups is 1. The second kappa shape index (κ2) is 9.56. The van der Waals surface area contributed by atoms with E-state index in [4.69, 9.17) is 19.2 Å². The zero-order valence-electron chi connectivity index (χ0n) is 18.2. The molecular weight excluding hydrogens is 394 g/mol. The molecular formula is C20H33N3O5S. The van der Waals surface area contributed by atoms with Gasteiger partial charge in [0.05, 0.1) is 31.8 Å². The molecule has 0 unspecified atom stereocenters. The molecule has 1 N–H and O–H groups in total. The van der Waals surface area contributed by atoms with Crippen LogP contribution < -0.4 is 19.5 Å². The van der Waals surface area contributed by atoms with Gasteiger partial charge in [-0.15, -0.1) is 0 Å². The first kappa shape index (κ1) is 23.1. The molecule has 1 heterocycles. The fourth-order valence-electron chi connectivity index (χ4n) is 3.35. The average Bonchev–Trinajstić information content (AvgIpc) is 2.69. The average molecular weight is 428 g/mol. The maximum absolute atomic E-state index is 12.3. The summed E-state index contributed by atoms with van der Waals surface area (Å²) >= 11 is 0. The number of ether oxygens (including phenoxy) is 3. The molecule has 0 saturated carbocycles. The van der Waals surface area contributed by atoms with E-state index in [-0.39, 0.29) is 5.75 Å². The number of methoxy groups -OCH3 is 3. The Kier molecular flexibility index (Phi) is 7.62. The molecule has 0 spiro atoms. The largest absolute Gasteiger partial charge is 0.496 e. The quantitative estimate of drug-likeness (QED) is 0.524. The van der Waals surface area contributed by atoms with Crippen molar-refractivity contribution in [2.75, 3.05) is 53.3 Å². The second-order valence-electron chi connectivity index (χ2n) is 7.50. The second-order valence-corrected chi connectivity index (χ2v) is 10.2. The first-order valence-corrected chi connectivity index (χ1v) is 11.4. The number of benzene rings is 1. The molecule has 0 aromatic heterocycles. The summed E-state index contributed by atoms with van der Waals surface area (Å²) < 4.78 is 40.1. The van der Waals surface area contributed by atoms with E-state index in [0.717, 1.165) is 11.5 Å². The summed E-state index contributed by atoms with van der Waals surface area (Å²) in [6.07, 6.45) is 0.612. The fraction of sp³-hybridized carbons (Fsp3) is 0.650. The minimum absolute atomic E-state index is 0.130. The molecule has 0 atom stereocenters. The molecule has 2 rings (SSSR count). The first-order chi connectivity index (χ1) is 13.7. The summed E-state index contributed by atoms with van der Waals surface area (Å²) in [4.78, 5) is 6.75. The summed E-state index contributed by atoms with van der Waals surface area (Å²) in [6.45, 7) is 7.60. The molecule has 0 aliphatic carbocycles. The Morgan fingerprint density at radius 2 is 1.79 bits per heavy atom. The summed E-state index contributed by atoms with van der Waals surface area (Å²) in [6, 6.07) is 3.65. The van der Waals surface area contributed by atoms with E-state index in [1.54, 1.807) is 35.2 Å². The lowest BCUT2D eigenvalue weighted by Gasteiger charge is -2.39. The minimum Gasteiger partial charge on any atom is -0.496 e. The summed E-state index contributed by atoms with van der Waals surface area (Å²) in [5, 5.41) is 3.28. The number of rotatable bonds is 7. The lowest BCUT2D eigenvalue weighted by atomic mass is 10.1. The third kappa shape index (κ3) is 5.26. The molecule has 0 radical (unpaired) electrons. The van der Waals surface area contributed by atoms with Crippen LogP contribution in [0.5, 0.6) is 17.2 Å². The van der Waals surface area contributed by atoms with Crippen molar-refractivity contribution in [2.45, 2.75) is 31.9 Å². The van der Waals surface area contributed by atoms with Gasteiger partial charge in [-0.2, -0.15) is 0 Å². The summed E-state index contributed by atoms with van der Waals surface area (Å²) in [5.74, 6) is 2.89. The normalized spacial score (nSPS) is 18.3. The van der Waals surface area contributed by atoms with E-state index >= 15 is 0 Å². The fourth-order valence-corrected chi connectivity index (χ4v) is 4.71. The maximum Gasteiger partial charge on any atom is 0.194 e. The first-order valence-electron chi connectivity index (χ1n) is 9.73. The Morgan fingerprint density at radius 1 is 1.17 bits per heavy atom. The van der Waals surface area contributed by atoms with Crippen molar-refractivity contribution in [2.24, 2.45) is 4.99 Å². The molecule has 1 aromatic carbocycles.